The molecule has 1 unspecified atom stereocenters. The monoisotopic (exact) mass is 288 g/mol. The minimum absolute atomic E-state index is 0.450. The molecule has 1 aliphatic heterocycles. The number of aryl methyl sites for hydroxylation is 2. The summed E-state index contributed by atoms with van der Waals surface area (Å²) in [6.07, 6.45) is 6.30. The van der Waals surface area contributed by atoms with Gasteiger partial charge in [-0.25, -0.2) is 0 Å². The van der Waals surface area contributed by atoms with Crippen LogP contribution in [0.3, 0.4) is 0 Å². The van der Waals surface area contributed by atoms with E-state index >= 15 is 0 Å². The van der Waals surface area contributed by atoms with E-state index in [1.54, 1.807) is 11.1 Å². The molecule has 3 nitrogen and oxygen atoms in total. The summed E-state index contributed by atoms with van der Waals surface area (Å²) >= 11 is 0. The molecule has 1 aromatic carbocycles. The summed E-state index contributed by atoms with van der Waals surface area (Å²) in [6.45, 7) is 6.10. The van der Waals surface area contributed by atoms with E-state index in [2.05, 4.69) is 30.0 Å². The van der Waals surface area contributed by atoms with Gasteiger partial charge >= 0.3 is 0 Å². The predicted octanol–water partition coefficient (Wildman–Crippen LogP) is 2.81. The Labute approximate surface area is 128 Å². The van der Waals surface area contributed by atoms with Gasteiger partial charge in [-0.1, -0.05) is 23.8 Å². The smallest absolute Gasteiger partial charge is 0.0599 e. The topological polar surface area (TPSA) is 38.5 Å². The number of piperidine rings is 1. The third-order valence-corrected chi connectivity index (χ3v) is 4.97. The van der Waals surface area contributed by atoms with Crippen molar-refractivity contribution in [3.05, 3.63) is 34.9 Å². The standard InChI is InChI=1S/C18H28N2O/c1-14-3-4-15-5-6-18(17(15)13-14)20-10-7-16(8-11-20)21-12-2-9-19/h3-4,13,16,18H,2,5-12,19H2,1H3. The number of hydrogen-bond acceptors (Lipinski definition) is 3. The number of ether oxygens (including phenoxy) is 1. The molecular weight excluding hydrogens is 260 g/mol. The van der Waals surface area contributed by atoms with Gasteiger partial charge in [-0.15, -0.1) is 0 Å². The average molecular weight is 288 g/mol. The number of hydrogen-bond donors (Lipinski definition) is 1. The number of likely N-dealkylation sites (tertiary alicyclic amines) is 1. The SMILES string of the molecule is Cc1ccc2c(c1)C(N1CCC(OCCCN)CC1)CC2. The van der Waals surface area contributed by atoms with Gasteiger partial charge in [0.15, 0.2) is 0 Å². The highest BCUT2D eigenvalue weighted by Crippen LogP contribution is 2.37. The maximum atomic E-state index is 5.92. The molecule has 2 N–H and O–H groups in total. The lowest BCUT2D eigenvalue weighted by molar-refractivity contribution is -0.00237. The first-order valence-corrected chi connectivity index (χ1v) is 8.43. The molecule has 1 aliphatic carbocycles. The van der Waals surface area contributed by atoms with Gasteiger partial charge in [0.1, 0.15) is 0 Å². The van der Waals surface area contributed by atoms with Crippen LogP contribution in [0.4, 0.5) is 0 Å². The van der Waals surface area contributed by atoms with Gasteiger partial charge in [-0.2, -0.15) is 0 Å². The van der Waals surface area contributed by atoms with Crippen molar-refractivity contribution in [1.29, 1.82) is 0 Å². The first kappa shape index (κ1) is 15.0. The Morgan fingerprint density at radius 2 is 2.05 bits per heavy atom. The van der Waals surface area contributed by atoms with Crippen molar-refractivity contribution >= 4 is 0 Å². The van der Waals surface area contributed by atoms with Gasteiger partial charge in [0.25, 0.3) is 0 Å². The quantitative estimate of drug-likeness (QED) is 0.847. The van der Waals surface area contributed by atoms with E-state index in [1.165, 1.54) is 44.3 Å². The minimum Gasteiger partial charge on any atom is -0.378 e. The van der Waals surface area contributed by atoms with Crippen LogP contribution in [-0.2, 0) is 11.2 Å². The third-order valence-electron chi connectivity index (χ3n) is 4.97. The Morgan fingerprint density at radius 3 is 2.81 bits per heavy atom. The Hall–Kier alpha value is -0.900. The second-order valence-corrected chi connectivity index (χ2v) is 6.51. The molecule has 1 fully saturated rings. The lowest BCUT2D eigenvalue weighted by Gasteiger charge is -2.36. The van der Waals surface area contributed by atoms with Gasteiger partial charge in [-0.3, -0.25) is 4.90 Å². The van der Waals surface area contributed by atoms with E-state index in [1.807, 2.05) is 0 Å². The van der Waals surface area contributed by atoms with Crippen LogP contribution < -0.4 is 5.73 Å². The van der Waals surface area contributed by atoms with Crippen molar-refractivity contribution in [2.75, 3.05) is 26.2 Å². The lowest BCUT2D eigenvalue weighted by atomic mass is 10.0. The summed E-state index contributed by atoms with van der Waals surface area (Å²) < 4.78 is 5.92. The second kappa shape index (κ2) is 6.91. The van der Waals surface area contributed by atoms with Crippen LogP contribution in [0.15, 0.2) is 18.2 Å². The molecule has 0 aromatic heterocycles. The lowest BCUT2D eigenvalue weighted by Crippen LogP contribution is -2.39. The minimum atomic E-state index is 0.450. The van der Waals surface area contributed by atoms with Gasteiger partial charge in [0.05, 0.1) is 6.10 Å². The molecular formula is C18H28N2O. The number of fused-ring (bicyclic) bond motifs is 1. The Balaban J connectivity index is 1.55. The first-order chi connectivity index (χ1) is 10.3. The van der Waals surface area contributed by atoms with Gasteiger partial charge in [0.2, 0.25) is 0 Å². The molecule has 1 saturated heterocycles. The van der Waals surface area contributed by atoms with Crippen LogP contribution in [-0.4, -0.2) is 37.2 Å². The van der Waals surface area contributed by atoms with Crippen LogP contribution >= 0.6 is 0 Å². The molecule has 1 heterocycles. The Kier molecular flexibility index (Phi) is 4.94. The summed E-state index contributed by atoms with van der Waals surface area (Å²) in [5.74, 6) is 0. The Morgan fingerprint density at radius 1 is 1.24 bits per heavy atom. The second-order valence-electron chi connectivity index (χ2n) is 6.51. The van der Waals surface area contributed by atoms with Gasteiger partial charge in [0, 0.05) is 25.7 Å². The van der Waals surface area contributed by atoms with E-state index < -0.39 is 0 Å². The summed E-state index contributed by atoms with van der Waals surface area (Å²) in [5, 5.41) is 0. The van der Waals surface area contributed by atoms with Crippen molar-refractivity contribution in [1.82, 2.24) is 4.90 Å². The van der Waals surface area contributed by atoms with Crippen molar-refractivity contribution in [3.8, 4) is 0 Å². The fraction of sp³-hybridized carbons (Fsp3) is 0.667. The molecule has 1 aromatic rings. The normalized spacial score (nSPS) is 23.4. The zero-order valence-corrected chi connectivity index (χ0v) is 13.2. The van der Waals surface area contributed by atoms with Crippen LogP contribution in [0.25, 0.3) is 0 Å². The molecule has 2 aliphatic rings. The summed E-state index contributed by atoms with van der Waals surface area (Å²) in [4.78, 5) is 2.67. The Bertz CT molecular complexity index is 466. The maximum absolute atomic E-state index is 5.92. The van der Waals surface area contributed by atoms with Crippen molar-refractivity contribution < 1.29 is 4.74 Å². The van der Waals surface area contributed by atoms with Crippen LogP contribution in [0.2, 0.25) is 0 Å². The fourth-order valence-corrected chi connectivity index (χ4v) is 3.77. The highest BCUT2D eigenvalue weighted by molar-refractivity contribution is 5.37. The molecule has 3 heteroatoms. The van der Waals surface area contributed by atoms with Crippen molar-refractivity contribution in [3.63, 3.8) is 0 Å². The molecule has 3 rings (SSSR count). The molecule has 0 bridgehead atoms. The molecule has 0 amide bonds. The maximum Gasteiger partial charge on any atom is 0.0599 e. The number of nitrogens with zero attached hydrogens (tertiary/aromatic N) is 1. The summed E-state index contributed by atoms with van der Waals surface area (Å²) in [5.41, 5.74) is 10.1. The zero-order valence-electron chi connectivity index (χ0n) is 13.2. The number of benzene rings is 1. The fourth-order valence-electron chi connectivity index (χ4n) is 3.77. The zero-order chi connectivity index (χ0) is 14.7. The van der Waals surface area contributed by atoms with Crippen molar-refractivity contribution in [2.24, 2.45) is 5.73 Å². The average Bonchev–Trinajstić information content (AvgIpc) is 2.91. The van der Waals surface area contributed by atoms with Gasteiger partial charge in [-0.05, 0) is 56.7 Å². The van der Waals surface area contributed by atoms with Crippen LogP contribution in [0.5, 0.6) is 0 Å². The third kappa shape index (κ3) is 3.47. The van der Waals surface area contributed by atoms with E-state index in [9.17, 15) is 0 Å². The van der Waals surface area contributed by atoms with Crippen LogP contribution in [0, 0.1) is 6.92 Å². The van der Waals surface area contributed by atoms with E-state index in [0.29, 0.717) is 12.1 Å². The highest BCUT2D eigenvalue weighted by Gasteiger charge is 2.30. The number of rotatable bonds is 5. The molecule has 21 heavy (non-hydrogen) atoms. The first-order valence-electron chi connectivity index (χ1n) is 8.43. The van der Waals surface area contributed by atoms with Crippen molar-refractivity contribution in [2.45, 2.75) is 51.2 Å². The van der Waals surface area contributed by atoms with E-state index in [0.717, 1.165) is 19.6 Å². The summed E-state index contributed by atoms with van der Waals surface area (Å²) in [7, 11) is 0. The predicted molar refractivity (Wildman–Crippen MR) is 86.5 cm³/mol. The molecule has 0 saturated carbocycles. The van der Waals surface area contributed by atoms with E-state index in [4.69, 9.17) is 10.5 Å². The van der Waals surface area contributed by atoms with Gasteiger partial charge < -0.3 is 10.5 Å². The molecule has 116 valence electrons. The van der Waals surface area contributed by atoms with Crippen LogP contribution in [0.1, 0.15) is 48.4 Å². The molecule has 1 atom stereocenters. The molecule has 0 radical (unpaired) electrons. The largest absolute Gasteiger partial charge is 0.378 e. The number of nitrogens with two attached hydrogens (primary N) is 1. The highest BCUT2D eigenvalue weighted by atomic mass is 16.5. The molecule has 0 spiro atoms. The van der Waals surface area contributed by atoms with E-state index in [-0.39, 0.29) is 0 Å². The summed E-state index contributed by atoms with van der Waals surface area (Å²) in [6, 6.07) is 7.62.